The molecule has 8 amide bonds. The summed E-state index contributed by atoms with van der Waals surface area (Å²) >= 11 is 0. The number of hydrogen-bond acceptors (Lipinski definition) is 10. The number of guanidine groups is 1. The van der Waals surface area contributed by atoms with Gasteiger partial charge in [0.05, 0.1) is 0 Å². The van der Waals surface area contributed by atoms with Crippen LogP contribution < -0.4 is 48.7 Å². The lowest BCUT2D eigenvalue weighted by molar-refractivity contribution is -0.148. The van der Waals surface area contributed by atoms with E-state index in [4.69, 9.17) is 16.9 Å². The minimum Gasteiger partial charge on any atom is -0.370 e. The second kappa shape index (κ2) is 24.6. The van der Waals surface area contributed by atoms with E-state index in [2.05, 4.69) is 37.2 Å². The quantitative estimate of drug-likeness (QED) is 0.0623. The van der Waals surface area contributed by atoms with Crippen LogP contribution in [0.2, 0.25) is 0 Å². The number of nitrogens with two attached hydrogens (primary N) is 2. The first-order chi connectivity index (χ1) is 33.2. The molecule has 0 saturated carbocycles. The van der Waals surface area contributed by atoms with Gasteiger partial charge in [-0.1, -0.05) is 91.0 Å². The lowest BCUT2D eigenvalue weighted by Crippen LogP contribution is -2.62. The summed E-state index contributed by atoms with van der Waals surface area (Å²) in [6.45, 7) is 1.65. The van der Waals surface area contributed by atoms with Crippen molar-refractivity contribution in [2.75, 3.05) is 26.2 Å². The molecule has 12 N–H and O–H groups in total. The number of rotatable bonds is 11. The molecule has 0 aliphatic carbocycles. The number of fused-ring (bicyclic) bond motifs is 2. The van der Waals surface area contributed by atoms with Crippen LogP contribution in [0.5, 0.6) is 0 Å². The molecule has 0 bridgehead atoms. The van der Waals surface area contributed by atoms with Crippen LogP contribution in [0.3, 0.4) is 0 Å². The molecule has 8 atom stereocenters. The van der Waals surface area contributed by atoms with Crippen LogP contribution in [0.25, 0.3) is 0 Å². The van der Waals surface area contributed by atoms with Crippen molar-refractivity contribution in [3.8, 4) is 0 Å². The third-order valence-electron chi connectivity index (χ3n) is 12.6. The lowest BCUT2D eigenvalue weighted by Gasteiger charge is -2.34. The third kappa shape index (κ3) is 14.1. The van der Waals surface area contributed by atoms with Gasteiger partial charge in [0, 0.05) is 45.4 Å². The van der Waals surface area contributed by atoms with E-state index in [9.17, 15) is 38.4 Å². The first-order valence-corrected chi connectivity index (χ1v) is 23.5. The van der Waals surface area contributed by atoms with Crippen LogP contribution in [-0.4, -0.2) is 138 Å². The molecule has 3 aliphatic heterocycles. The van der Waals surface area contributed by atoms with E-state index in [-0.39, 0.29) is 64.1 Å². The van der Waals surface area contributed by atoms with Crippen molar-refractivity contribution in [2.24, 2.45) is 11.5 Å². The van der Waals surface area contributed by atoms with Gasteiger partial charge in [-0.25, -0.2) is 0 Å². The second-order valence-corrected chi connectivity index (χ2v) is 17.7. The van der Waals surface area contributed by atoms with Crippen molar-refractivity contribution < 1.29 is 38.4 Å². The Bertz CT molecular complexity index is 2300. The highest BCUT2D eigenvalue weighted by Crippen LogP contribution is 2.26. The van der Waals surface area contributed by atoms with Gasteiger partial charge in [-0.3, -0.25) is 43.8 Å². The molecule has 0 aromatic heterocycles. The predicted molar refractivity (Wildman–Crippen MR) is 255 cm³/mol. The van der Waals surface area contributed by atoms with Crippen molar-refractivity contribution in [3.05, 3.63) is 108 Å². The molecular formula is C49H64N12O8. The molecule has 0 unspecified atom stereocenters. The van der Waals surface area contributed by atoms with Crippen molar-refractivity contribution in [1.82, 2.24) is 47.0 Å². The number of benzene rings is 3. The largest absolute Gasteiger partial charge is 0.370 e. The summed E-state index contributed by atoms with van der Waals surface area (Å²) in [7, 11) is 0. The van der Waals surface area contributed by atoms with E-state index < -0.39 is 102 Å². The average Bonchev–Trinajstić information content (AvgIpc) is 4.05. The maximum atomic E-state index is 14.6. The molecule has 3 fully saturated rings. The van der Waals surface area contributed by atoms with Crippen LogP contribution in [0.1, 0.15) is 62.1 Å². The summed E-state index contributed by atoms with van der Waals surface area (Å²) in [4.78, 5) is 117. The molecular weight excluding hydrogens is 885 g/mol. The van der Waals surface area contributed by atoms with Crippen molar-refractivity contribution >= 4 is 53.2 Å². The van der Waals surface area contributed by atoms with Gasteiger partial charge in [-0.2, -0.15) is 0 Å². The summed E-state index contributed by atoms with van der Waals surface area (Å²) in [6.07, 6.45) is 1.86. The van der Waals surface area contributed by atoms with E-state index >= 15 is 0 Å². The molecule has 368 valence electrons. The molecule has 3 aromatic carbocycles. The number of hydrogen-bond donors (Lipinski definition) is 10. The fourth-order valence-electron chi connectivity index (χ4n) is 8.94. The first-order valence-electron chi connectivity index (χ1n) is 23.5. The maximum absolute atomic E-state index is 14.6. The molecule has 3 saturated heterocycles. The molecule has 0 radical (unpaired) electrons. The zero-order chi connectivity index (χ0) is 49.5. The van der Waals surface area contributed by atoms with Gasteiger partial charge in [0.25, 0.3) is 0 Å². The summed E-state index contributed by atoms with van der Waals surface area (Å²) < 4.78 is 0. The van der Waals surface area contributed by atoms with E-state index in [0.717, 1.165) is 5.56 Å². The zero-order valence-corrected chi connectivity index (χ0v) is 38.8. The number of carbonyl (C=O) groups excluding carboxylic acids is 8. The standard InChI is InChI=1S/C49H64N12O8/c1-30-41(62)58-37(28-33-18-9-4-10-19-33)47(68)61-25-13-22-40(61)48(69)60-24-12-21-39(60)46(67)55-34(20-11-23-53-49(51)52)42(63)56-35(26-31-14-5-2-6-15-31)43(64)57-36(27-32-16-7-3-8-17-32)44(65)59-38(29-50)45(66)54-30/h2-10,14-19,30,34-40H,11-13,20-29,50H2,1H3,(H,54,66)(H,55,67)(H,56,63)(H,57,64)(H,58,62)(H,59,65)(H4,51,52,53)/t30-,34-,35+,36-,37-,38-,39-,40+/m0/s1. The van der Waals surface area contributed by atoms with Crippen LogP contribution in [-0.2, 0) is 57.6 Å². The number of carbonyl (C=O) groups is 8. The molecule has 6 rings (SSSR count). The van der Waals surface area contributed by atoms with Crippen molar-refractivity contribution in [1.29, 1.82) is 5.41 Å². The van der Waals surface area contributed by atoms with E-state index in [1.807, 2.05) is 6.07 Å². The molecule has 3 aromatic rings. The van der Waals surface area contributed by atoms with Crippen molar-refractivity contribution in [2.45, 2.75) is 113 Å². The Morgan fingerprint density at radius 1 is 0.551 bits per heavy atom. The minimum absolute atomic E-state index is 0.0217. The fraction of sp³-hybridized carbons (Fsp3) is 0.449. The van der Waals surface area contributed by atoms with Gasteiger partial charge in [0.2, 0.25) is 47.3 Å². The molecule has 0 spiro atoms. The van der Waals surface area contributed by atoms with Gasteiger partial charge in [-0.15, -0.1) is 0 Å². The molecule has 20 nitrogen and oxygen atoms in total. The van der Waals surface area contributed by atoms with Gasteiger partial charge < -0.3 is 58.5 Å². The van der Waals surface area contributed by atoms with Crippen LogP contribution >= 0.6 is 0 Å². The summed E-state index contributed by atoms with van der Waals surface area (Å²) in [5.74, 6) is -5.59. The lowest BCUT2D eigenvalue weighted by atomic mass is 10.0. The average molecular weight is 949 g/mol. The van der Waals surface area contributed by atoms with E-state index in [1.54, 1.807) is 84.9 Å². The molecule has 3 heterocycles. The van der Waals surface area contributed by atoms with Crippen molar-refractivity contribution in [3.63, 3.8) is 0 Å². The maximum Gasteiger partial charge on any atom is 0.246 e. The third-order valence-corrected chi connectivity index (χ3v) is 12.6. The Labute approximate surface area is 401 Å². The van der Waals surface area contributed by atoms with Gasteiger partial charge in [0.1, 0.15) is 48.3 Å². The highest BCUT2D eigenvalue weighted by atomic mass is 16.2. The zero-order valence-electron chi connectivity index (χ0n) is 38.8. The van der Waals surface area contributed by atoms with Crippen LogP contribution in [0, 0.1) is 5.41 Å². The Hall–Kier alpha value is -7.35. The van der Waals surface area contributed by atoms with Gasteiger partial charge >= 0.3 is 0 Å². The van der Waals surface area contributed by atoms with Gasteiger partial charge in [0.15, 0.2) is 5.96 Å². The second-order valence-electron chi connectivity index (χ2n) is 17.7. The Morgan fingerprint density at radius 3 is 1.48 bits per heavy atom. The Balaban J connectivity index is 1.37. The SMILES string of the molecule is C[C@@H]1NC(=O)[C@H](CN)NC(=O)[C@H](Cc2ccccc2)NC(=O)[C@@H](Cc2ccccc2)NC(=O)[C@H](CCCNC(=N)N)NC(=O)[C@@H]2CCCN2C(=O)[C@H]2CCCN2C(=O)[C@H](Cc2ccccc2)NC1=O. The normalized spacial score (nSPS) is 25.7. The first kappa shape index (κ1) is 51.0. The van der Waals surface area contributed by atoms with Gasteiger partial charge in [-0.05, 0) is 62.1 Å². The predicted octanol–water partition coefficient (Wildman–Crippen LogP) is -1.14. The highest BCUT2D eigenvalue weighted by Gasteiger charge is 2.44. The number of nitrogens with zero attached hydrogens (tertiary/aromatic N) is 2. The topological polar surface area (TPSA) is 303 Å². The molecule has 69 heavy (non-hydrogen) atoms. The number of amides is 8. The van der Waals surface area contributed by atoms with Crippen LogP contribution in [0.15, 0.2) is 91.0 Å². The minimum atomic E-state index is -1.37. The Morgan fingerprint density at radius 2 is 0.971 bits per heavy atom. The summed E-state index contributed by atoms with van der Waals surface area (Å²) in [5.41, 5.74) is 13.6. The molecule has 20 heteroatoms. The fourth-order valence-corrected chi connectivity index (χ4v) is 8.94. The summed E-state index contributed by atoms with van der Waals surface area (Å²) in [5, 5.41) is 26.7. The smallest absolute Gasteiger partial charge is 0.246 e. The monoisotopic (exact) mass is 948 g/mol. The molecule has 3 aliphatic rings. The highest BCUT2D eigenvalue weighted by molar-refractivity contribution is 5.99. The number of nitrogens with one attached hydrogen (secondary N) is 8. The van der Waals surface area contributed by atoms with Crippen LogP contribution in [0.4, 0.5) is 0 Å². The van der Waals surface area contributed by atoms with E-state index in [0.29, 0.717) is 30.4 Å². The van der Waals surface area contributed by atoms with E-state index in [1.165, 1.54) is 16.7 Å². The summed E-state index contributed by atoms with van der Waals surface area (Å²) in [6, 6.07) is 17.2. The Kier molecular flexibility index (Phi) is 18.2.